The summed E-state index contributed by atoms with van der Waals surface area (Å²) in [6.07, 6.45) is -2.72. The van der Waals surface area contributed by atoms with E-state index in [1.165, 1.54) is 6.07 Å². The summed E-state index contributed by atoms with van der Waals surface area (Å²) in [5, 5.41) is 0. The molecule has 0 atom stereocenters. The number of nitrogens with zero attached hydrogens (tertiary/aromatic N) is 1. The lowest BCUT2D eigenvalue weighted by Gasteiger charge is -2.07. The number of hydrogen-bond donors (Lipinski definition) is 2. The smallest absolute Gasteiger partial charge is 0.399 e. The van der Waals surface area contributed by atoms with Gasteiger partial charge in [0.25, 0.3) is 0 Å². The number of anilines is 1. The lowest BCUT2D eigenvalue weighted by molar-refractivity contribution is -0.137. The van der Waals surface area contributed by atoms with E-state index < -0.39 is 11.7 Å². The summed E-state index contributed by atoms with van der Waals surface area (Å²) in [6.45, 7) is 0. The second-order valence-electron chi connectivity index (χ2n) is 4.83. The van der Waals surface area contributed by atoms with Gasteiger partial charge in [0.15, 0.2) is 0 Å². The van der Waals surface area contributed by atoms with E-state index in [1.54, 1.807) is 36.5 Å². The van der Waals surface area contributed by atoms with Crippen LogP contribution >= 0.6 is 0 Å². The molecule has 0 aliphatic rings. The maximum absolute atomic E-state index is 12.7. The SMILES string of the molecule is Nc1ccc(-c2c[nH]c(-c3cccc(C(F)(F)F)c3)n2)cc1. The Kier molecular flexibility index (Phi) is 3.36. The van der Waals surface area contributed by atoms with Crippen molar-refractivity contribution in [1.29, 1.82) is 0 Å². The van der Waals surface area contributed by atoms with Gasteiger partial charge >= 0.3 is 6.18 Å². The Morgan fingerprint density at radius 2 is 1.68 bits per heavy atom. The summed E-state index contributed by atoms with van der Waals surface area (Å²) < 4.78 is 38.2. The first-order chi connectivity index (χ1) is 10.4. The number of nitrogens with one attached hydrogen (secondary N) is 1. The fraction of sp³-hybridized carbons (Fsp3) is 0.0625. The molecule has 112 valence electrons. The van der Waals surface area contributed by atoms with Gasteiger partial charge in [-0.15, -0.1) is 0 Å². The predicted molar refractivity (Wildman–Crippen MR) is 78.9 cm³/mol. The van der Waals surface area contributed by atoms with E-state index >= 15 is 0 Å². The maximum Gasteiger partial charge on any atom is 0.416 e. The molecule has 0 spiro atoms. The molecule has 3 rings (SSSR count). The van der Waals surface area contributed by atoms with E-state index in [0.717, 1.165) is 17.7 Å². The third-order valence-electron chi connectivity index (χ3n) is 3.25. The van der Waals surface area contributed by atoms with Crippen LogP contribution in [0.1, 0.15) is 5.56 Å². The Bertz CT molecular complexity index is 789. The van der Waals surface area contributed by atoms with Gasteiger partial charge in [0.2, 0.25) is 0 Å². The van der Waals surface area contributed by atoms with Crippen molar-refractivity contribution in [2.45, 2.75) is 6.18 Å². The minimum atomic E-state index is -4.37. The van der Waals surface area contributed by atoms with Crippen LogP contribution in [0.25, 0.3) is 22.6 Å². The topological polar surface area (TPSA) is 54.7 Å². The van der Waals surface area contributed by atoms with Gasteiger partial charge in [-0.25, -0.2) is 4.98 Å². The molecule has 3 nitrogen and oxygen atoms in total. The molecule has 1 heterocycles. The summed E-state index contributed by atoms with van der Waals surface area (Å²) in [7, 11) is 0. The molecule has 0 saturated carbocycles. The molecule has 1 aromatic heterocycles. The molecule has 0 aliphatic carbocycles. The van der Waals surface area contributed by atoms with Crippen LogP contribution in [-0.2, 0) is 6.18 Å². The van der Waals surface area contributed by atoms with Gasteiger partial charge in [0.1, 0.15) is 5.82 Å². The highest BCUT2D eigenvalue weighted by Gasteiger charge is 2.30. The van der Waals surface area contributed by atoms with E-state index in [9.17, 15) is 13.2 Å². The van der Waals surface area contributed by atoms with Crippen molar-refractivity contribution >= 4 is 5.69 Å². The Morgan fingerprint density at radius 3 is 2.36 bits per heavy atom. The van der Waals surface area contributed by atoms with Crippen LogP contribution in [0.5, 0.6) is 0 Å². The van der Waals surface area contributed by atoms with Crippen LogP contribution in [0.4, 0.5) is 18.9 Å². The molecule has 6 heteroatoms. The van der Waals surface area contributed by atoms with Crippen molar-refractivity contribution in [2.75, 3.05) is 5.73 Å². The van der Waals surface area contributed by atoms with Gasteiger partial charge in [0.05, 0.1) is 11.3 Å². The van der Waals surface area contributed by atoms with Gasteiger partial charge in [-0.2, -0.15) is 13.2 Å². The first kappa shape index (κ1) is 14.2. The maximum atomic E-state index is 12.7. The number of nitrogens with two attached hydrogens (primary N) is 1. The molecule has 0 radical (unpaired) electrons. The number of aromatic amines is 1. The fourth-order valence-corrected chi connectivity index (χ4v) is 2.11. The average Bonchev–Trinajstić information content (AvgIpc) is 2.97. The third kappa shape index (κ3) is 2.81. The monoisotopic (exact) mass is 303 g/mol. The van der Waals surface area contributed by atoms with E-state index in [4.69, 9.17) is 5.73 Å². The van der Waals surface area contributed by atoms with Gasteiger partial charge < -0.3 is 10.7 Å². The van der Waals surface area contributed by atoms with E-state index in [-0.39, 0.29) is 0 Å². The number of H-pyrrole nitrogens is 1. The number of imidazole rings is 1. The average molecular weight is 303 g/mol. The highest BCUT2D eigenvalue weighted by molar-refractivity contribution is 5.66. The van der Waals surface area contributed by atoms with Crippen molar-refractivity contribution in [2.24, 2.45) is 0 Å². The van der Waals surface area contributed by atoms with E-state index in [0.29, 0.717) is 22.8 Å². The summed E-state index contributed by atoms with van der Waals surface area (Å²) in [5.41, 5.74) is 7.43. The van der Waals surface area contributed by atoms with Crippen LogP contribution in [-0.4, -0.2) is 9.97 Å². The van der Waals surface area contributed by atoms with Gasteiger partial charge in [-0.3, -0.25) is 0 Å². The van der Waals surface area contributed by atoms with Gasteiger partial charge in [-0.05, 0) is 24.3 Å². The first-order valence-corrected chi connectivity index (χ1v) is 6.52. The number of halogens is 3. The van der Waals surface area contributed by atoms with E-state index in [2.05, 4.69) is 9.97 Å². The lowest BCUT2D eigenvalue weighted by atomic mass is 10.1. The number of rotatable bonds is 2. The van der Waals surface area contributed by atoms with Crippen LogP contribution in [0, 0.1) is 0 Å². The summed E-state index contributed by atoms with van der Waals surface area (Å²) in [6, 6.07) is 12.2. The normalized spacial score (nSPS) is 11.6. The van der Waals surface area contributed by atoms with Crippen molar-refractivity contribution < 1.29 is 13.2 Å². The molecule has 0 saturated heterocycles. The zero-order valence-corrected chi connectivity index (χ0v) is 11.4. The number of hydrogen-bond acceptors (Lipinski definition) is 2. The van der Waals surface area contributed by atoms with Crippen molar-refractivity contribution in [3.63, 3.8) is 0 Å². The van der Waals surface area contributed by atoms with Crippen LogP contribution in [0.15, 0.2) is 54.7 Å². The second kappa shape index (κ2) is 5.22. The third-order valence-corrected chi connectivity index (χ3v) is 3.25. The molecule has 0 bridgehead atoms. The molecule has 22 heavy (non-hydrogen) atoms. The Hall–Kier alpha value is -2.76. The van der Waals surface area contributed by atoms with E-state index in [1.807, 2.05) is 0 Å². The molecule has 0 aliphatic heterocycles. The Balaban J connectivity index is 1.96. The molecule has 3 N–H and O–H groups in total. The standard InChI is InChI=1S/C16H12F3N3/c17-16(18,19)12-3-1-2-11(8-12)15-21-9-14(22-15)10-4-6-13(20)7-5-10/h1-9H,20H2,(H,21,22). The second-order valence-corrected chi connectivity index (χ2v) is 4.83. The largest absolute Gasteiger partial charge is 0.416 e. The fourth-order valence-electron chi connectivity index (χ4n) is 2.11. The van der Waals surface area contributed by atoms with Crippen LogP contribution in [0.3, 0.4) is 0 Å². The minimum Gasteiger partial charge on any atom is -0.399 e. The number of nitrogen functional groups attached to an aromatic ring is 1. The number of aromatic nitrogens is 2. The summed E-state index contributed by atoms with van der Waals surface area (Å²) in [5.74, 6) is 0.387. The Labute approximate surface area is 124 Å². The zero-order valence-electron chi connectivity index (χ0n) is 11.4. The zero-order chi connectivity index (χ0) is 15.7. The summed E-state index contributed by atoms with van der Waals surface area (Å²) in [4.78, 5) is 7.24. The molecule has 0 fully saturated rings. The molecular weight excluding hydrogens is 291 g/mol. The van der Waals surface area contributed by atoms with Crippen LogP contribution in [0.2, 0.25) is 0 Å². The summed E-state index contributed by atoms with van der Waals surface area (Å²) >= 11 is 0. The number of alkyl halides is 3. The molecule has 3 aromatic rings. The number of benzene rings is 2. The van der Waals surface area contributed by atoms with Crippen LogP contribution < -0.4 is 5.73 Å². The quantitative estimate of drug-likeness (QED) is 0.692. The highest BCUT2D eigenvalue weighted by atomic mass is 19.4. The van der Waals surface area contributed by atoms with Crippen molar-refractivity contribution in [1.82, 2.24) is 9.97 Å². The lowest BCUT2D eigenvalue weighted by Crippen LogP contribution is -2.04. The minimum absolute atomic E-state index is 0.386. The molecule has 0 unspecified atom stereocenters. The first-order valence-electron chi connectivity index (χ1n) is 6.52. The Morgan fingerprint density at radius 1 is 0.955 bits per heavy atom. The highest BCUT2D eigenvalue weighted by Crippen LogP contribution is 2.32. The van der Waals surface area contributed by atoms with Gasteiger partial charge in [0, 0.05) is 23.0 Å². The molecular formula is C16H12F3N3. The van der Waals surface area contributed by atoms with Gasteiger partial charge in [-0.1, -0.05) is 24.3 Å². The molecule has 0 amide bonds. The molecule has 2 aromatic carbocycles. The van der Waals surface area contributed by atoms with Crippen molar-refractivity contribution in [3.8, 4) is 22.6 Å². The van der Waals surface area contributed by atoms with Crippen molar-refractivity contribution in [3.05, 3.63) is 60.3 Å². The predicted octanol–water partition coefficient (Wildman–Crippen LogP) is 4.34.